The zero-order chi connectivity index (χ0) is 25.8. The van der Waals surface area contributed by atoms with Crippen LogP contribution >= 0.6 is 0 Å². The van der Waals surface area contributed by atoms with Crippen LogP contribution in [0.15, 0.2) is 30.3 Å². The number of urea groups is 1. The predicted octanol–water partition coefficient (Wildman–Crippen LogP) is 0.900. The molecule has 0 spiro atoms. The molecule has 198 valence electrons. The first-order valence-corrected chi connectivity index (χ1v) is 12.9. The van der Waals surface area contributed by atoms with Crippen molar-refractivity contribution in [1.82, 2.24) is 25.1 Å². The fourth-order valence-corrected chi connectivity index (χ4v) is 4.83. The van der Waals surface area contributed by atoms with E-state index < -0.39 is 5.41 Å². The minimum Gasteiger partial charge on any atom is -0.395 e. The number of nitrogens with zero attached hydrogens (tertiary/aromatic N) is 5. The summed E-state index contributed by atoms with van der Waals surface area (Å²) in [5.41, 5.74) is 1.63. The van der Waals surface area contributed by atoms with Crippen molar-refractivity contribution in [2.24, 2.45) is 0 Å². The van der Waals surface area contributed by atoms with E-state index in [1.54, 1.807) is 12.1 Å². The van der Waals surface area contributed by atoms with Crippen LogP contribution in [0.2, 0.25) is 0 Å². The number of piperazine rings is 1. The maximum Gasteiger partial charge on any atom is 0.319 e. The minimum absolute atomic E-state index is 0.121. The summed E-state index contributed by atoms with van der Waals surface area (Å²) in [5.74, 6) is 1.55. The van der Waals surface area contributed by atoms with E-state index in [0.717, 1.165) is 69.2 Å². The molecule has 0 radical (unpaired) electrons. The average Bonchev–Trinajstić information content (AvgIpc) is 3.75. The number of aliphatic hydroxyl groups is 1. The molecule has 11 heteroatoms. The number of ether oxygens (including phenoxy) is 1. The molecule has 37 heavy (non-hydrogen) atoms. The predicted molar refractivity (Wildman–Crippen MR) is 140 cm³/mol. The lowest BCUT2D eigenvalue weighted by Crippen LogP contribution is -2.50. The second-order valence-electron chi connectivity index (χ2n) is 9.89. The van der Waals surface area contributed by atoms with Crippen molar-refractivity contribution >= 4 is 23.4 Å². The number of benzene rings is 1. The monoisotopic (exact) mass is 509 g/mol. The van der Waals surface area contributed by atoms with Crippen LogP contribution in [0.3, 0.4) is 0 Å². The van der Waals surface area contributed by atoms with Gasteiger partial charge in [-0.2, -0.15) is 0 Å². The minimum atomic E-state index is -0.582. The molecule has 3 fully saturated rings. The summed E-state index contributed by atoms with van der Waals surface area (Å²) in [6, 6.07) is 8.93. The van der Waals surface area contributed by atoms with Gasteiger partial charge in [0.15, 0.2) is 5.82 Å². The van der Waals surface area contributed by atoms with Crippen molar-refractivity contribution in [3.8, 4) is 11.4 Å². The normalized spacial score (nSPS) is 19.4. The van der Waals surface area contributed by atoms with E-state index in [1.165, 1.54) is 0 Å². The summed E-state index contributed by atoms with van der Waals surface area (Å²) in [6.07, 6.45) is 1.59. The molecule has 1 aromatic heterocycles. The molecule has 0 atom stereocenters. The number of carbonyl (C=O) groups excluding carboxylic acids is 2. The smallest absolute Gasteiger partial charge is 0.319 e. The number of likely N-dealkylation sites (N-methyl/N-ethyl adjacent to an activating group) is 1. The van der Waals surface area contributed by atoms with E-state index in [2.05, 4.69) is 27.5 Å². The first-order valence-electron chi connectivity index (χ1n) is 12.9. The molecule has 11 nitrogen and oxygen atoms in total. The second kappa shape index (κ2) is 11.0. The summed E-state index contributed by atoms with van der Waals surface area (Å²) < 4.78 is 5.54. The lowest BCUT2D eigenvalue weighted by Gasteiger charge is -2.35. The van der Waals surface area contributed by atoms with Gasteiger partial charge in [-0.15, -0.1) is 0 Å². The van der Waals surface area contributed by atoms with Gasteiger partial charge in [0, 0.05) is 63.1 Å². The van der Waals surface area contributed by atoms with Gasteiger partial charge in [0.25, 0.3) is 0 Å². The third-order valence-electron chi connectivity index (χ3n) is 7.29. The Morgan fingerprint density at radius 2 is 1.73 bits per heavy atom. The molecule has 2 aliphatic heterocycles. The van der Waals surface area contributed by atoms with E-state index in [9.17, 15) is 9.59 Å². The van der Waals surface area contributed by atoms with E-state index in [-0.39, 0.29) is 25.1 Å². The van der Waals surface area contributed by atoms with Gasteiger partial charge in [-0.05, 0) is 44.2 Å². The number of rotatable bonds is 7. The van der Waals surface area contributed by atoms with E-state index in [0.29, 0.717) is 24.7 Å². The third kappa shape index (κ3) is 5.68. The first-order chi connectivity index (χ1) is 18.0. The number of hydrogen-bond acceptors (Lipinski definition) is 8. The van der Waals surface area contributed by atoms with Gasteiger partial charge in [0.05, 0.1) is 30.9 Å². The maximum atomic E-state index is 13.7. The largest absolute Gasteiger partial charge is 0.395 e. The second-order valence-corrected chi connectivity index (χ2v) is 9.89. The molecule has 0 unspecified atom stereocenters. The topological polar surface area (TPSA) is 123 Å². The van der Waals surface area contributed by atoms with Crippen molar-refractivity contribution in [2.45, 2.75) is 18.3 Å². The molecule has 3 N–H and O–H groups in total. The summed E-state index contributed by atoms with van der Waals surface area (Å²) in [6.45, 7) is 6.06. The lowest BCUT2D eigenvalue weighted by atomic mass is 9.98. The fraction of sp³-hybridized carbons (Fsp3) is 0.538. The molecule has 0 bridgehead atoms. The van der Waals surface area contributed by atoms with Crippen LogP contribution in [0.1, 0.15) is 18.5 Å². The summed E-state index contributed by atoms with van der Waals surface area (Å²) >= 11 is 0. The quantitative estimate of drug-likeness (QED) is 0.503. The molecule has 1 aliphatic carbocycles. The molecule has 3 heterocycles. The Bertz CT molecular complexity index is 1110. The molecule has 2 aromatic rings. The highest BCUT2D eigenvalue weighted by Crippen LogP contribution is 2.50. The Morgan fingerprint density at radius 3 is 2.38 bits per heavy atom. The van der Waals surface area contributed by atoms with Gasteiger partial charge in [-0.3, -0.25) is 4.79 Å². The Hall–Kier alpha value is -3.28. The van der Waals surface area contributed by atoms with Crippen molar-refractivity contribution in [3.63, 3.8) is 0 Å². The molecule has 3 amide bonds. The zero-order valence-electron chi connectivity index (χ0n) is 21.3. The van der Waals surface area contributed by atoms with Crippen LogP contribution in [0.25, 0.3) is 11.4 Å². The standard InChI is InChI=1S/C26H35N7O4/c1-31-9-11-33(12-10-31)24(35)26(6-7-26)21-18-22(32-13-16-37-17-14-32)30-23(29-21)19-2-4-20(5-3-19)28-25(36)27-8-15-34/h2-5,18,34H,6-17H2,1H3,(H2,27,28,36). The molecule has 1 saturated carbocycles. The Labute approximate surface area is 216 Å². The number of amides is 3. The average molecular weight is 510 g/mol. The number of hydrogen-bond donors (Lipinski definition) is 3. The summed E-state index contributed by atoms with van der Waals surface area (Å²) in [4.78, 5) is 41.9. The Morgan fingerprint density at radius 1 is 1.03 bits per heavy atom. The van der Waals surface area contributed by atoms with Crippen molar-refractivity contribution < 1.29 is 19.4 Å². The Kier molecular flexibility index (Phi) is 7.54. The fourth-order valence-electron chi connectivity index (χ4n) is 4.83. The number of aromatic nitrogens is 2. The van der Waals surface area contributed by atoms with Crippen LogP contribution in [0.5, 0.6) is 0 Å². The number of anilines is 2. The van der Waals surface area contributed by atoms with Gasteiger partial charge < -0.3 is 35.2 Å². The van der Waals surface area contributed by atoms with Crippen molar-refractivity contribution in [1.29, 1.82) is 0 Å². The number of aliphatic hydroxyl groups excluding tert-OH is 1. The number of morpholine rings is 1. The van der Waals surface area contributed by atoms with Crippen molar-refractivity contribution in [3.05, 3.63) is 36.0 Å². The molecular formula is C26H35N7O4. The van der Waals surface area contributed by atoms with Gasteiger partial charge in [0.1, 0.15) is 5.82 Å². The van der Waals surface area contributed by atoms with Gasteiger partial charge in [0.2, 0.25) is 5.91 Å². The lowest BCUT2D eigenvalue weighted by molar-refractivity contribution is -0.135. The zero-order valence-corrected chi connectivity index (χ0v) is 21.3. The van der Waals surface area contributed by atoms with Crippen LogP contribution in [-0.4, -0.2) is 109 Å². The number of nitrogens with one attached hydrogen (secondary N) is 2. The summed E-state index contributed by atoms with van der Waals surface area (Å²) in [5, 5.41) is 14.2. The van der Waals surface area contributed by atoms with Crippen LogP contribution < -0.4 is 15.5 Å². The molecule has 3 aliphatic rings. The molecular weight excluding hydrogens is 474 g/mol. The van der Waals surface area contributed by atoms with Gasteiger partial charge in [-0.1, -0.05) is 0 Å². The van der Waals surface area contributed by atoms with Gasteiger partial charge >= 0.3 is 6.03 Å². The molecule has 5 rings (SSSR count). The molecule has 2 saturated heterocycles. The third-order valence-corrected chi connectivity index (χ3v) is 7.29. The summed E-state index contributed by atoms with van der Waals surface area (Å²) in [7, 11) is 2.09. The van der Waals surface area contributed by atoms with Crippen LogP contribution in [-0.2, 0) is 14.9 Å². The number of carbonyl (C=O) groups is 2. The van der Waals surface area contributed by atoms with Crippen LogP contribution in [0, 0.1) is 0 Å². The van der Waals surface area contributed by atoms with Crippen molar-refractivity contribution in [2.75, 3.05) is 82.9 Å². The molecule has 1 aromatic carbocycles. The highest BCUT2D eigenvalue weighted by Gasteiger charge is 2.55. The Balaban J connectivity index is 1.43. The highest BCUT2D eigenvalue weighted by atomic mass is 16.5. The van der Waals surface area contributed by atoms with E-state index >= 15 is 0 Å². The van der Waals surface area contributed by atoms with E-state index in [1.807, 2.05) is 23.1 Å². The highest BCUT2D eigenvalue weighted by molar-refractivity contribution is 5.91. The maximum absolute atomic E-state index is 13.7. The first kappa shape index (κ1) is 25.4. The van der Waals surface area contributed by atoms with Crippen LogP contribution in [0.4, 0.5) is 16.3 Å². The van der Waals surface area contributed by atoms with Gasteiger partial charge in [-0.25, -0.2) is 14.8 Å². The SMILES string of the molecule is CN1CCN(C(=O)C2(c3cc(N4CCOCC4)nc(-c4ccc(NC(=O)NCCO)cc4)n3)CC2)CC1. The van der Waals surface area contributed by atoms with E-state index in [4.69, 9.17) is 19.8 Å².